The molecule has 6 unspecified atom stereocenters. The minimum atomic E-state index is -0.809. The molecule has 16 heavy (non-hydrogen) atoms. The van der Waals surface area contributed by atoms with Gasteiger partial charge in [0.25, 0.3) is 0 Å². The molecule has 1 saturated carbocycles. The van der Waals surface area contributed by atoms with Gasteiger partial charge in [-0.15, -0.1) is 0 Å². The number of morpholine rings is 1. The normalized spacial score (nSPS) is 48.4. The molecule has 1 aliphatic carbocycles. The molecule has 1 heterocycles. The van der Waals surface area contributed by atoms with Crippen LogP contribution in [0.25, 0.3) is 0 Å². The lowest BCUT2D eigenvalue weighted by molar-refractivity contribution is -0.158. The van der Waals surface area contributed by atoms with E-state index >= 15 is 0 Å². The minimum absolute atomic E-state index is 0.185. The summed E-state index contributed by atoms with van der Waals surface area (Å²) in [5, 5.41) is 12.3. The summed E-state index contributed by atoms with van der Waals surface area (Å²) in [6.07, 6.45) is 2.14. The molecular formula is C12H21NO3. The maximum atomic E-state index is 11.1. The van der Waals surface area contributed by atoms with Crippen molar-refractivity contribution in [3.8, 4) is 0 Å². The number of ether oxygens (including phenoxy) is 1. The van der Waals surface area contributed by atoms with Gasteiger partial charge in [0.05, 0.1) is 12.2 Å². The number of aliphatic carboxylic acids is 1. The molecule has 2 fully saturated rings. The lowest BCUT2D eigenvalue weighted by Gasteiger charge is -2.47. The van der Waals surface area contributed by atoms with Crippen LogP contribution in [0, 0.1) is 11.8 Å². The van der Waals surface area contributed by atoms with Gasteiger partial charge in [-0.2, -0.15) is 0 Å². The summed E-state index contributed by atoms with van der Waals surface area (Å²) in [4.78, 5) is 11.1. The summed E-state index contributed by atoms with van der Waals surface area (Å²) >= 11 is 0. The first-order valence-electron chi connectivity index (χ1n) is 6.13. The first-order chi connectivity index (χ1) is 7.49. The molecule has 4 nitrogen and oxygen atoms in total. The molecule has 2 N–H and O–H groups in total. The highest BCUT2D eigenvalue weighted by Gasteiger charge is 2.43. The van der Waals surface area contributed by atoms with Gasteiger partial charge < -0.3 is 9.84 Å². The van der Waals surface area contributed by atoms with Crippen molar-refractivity contribution in [3.63, 3.8) is 0 Å². The molecule has 2 rings (SSSR count). The summed E-state index contributed by atoms with van der Waals surface area (Å²) in [5.74, 6) is 0.353. The van der Waals surface area contributed by atoms with Crippen LogP contribution in [0.3, 0.4) is 0 Å². The molecule has 0 aromatic heterocycles. The summed E-state index contributed by atoms with van der Waals surface area (Å²) in [5.41, 5.74) is 0. The van der Waals surface area contributed by atoms with Crippen LogP contribution in [0.2, 0.25) is 0 Å². The summed E-state index contributed by atoms with van der Waals surface area (Å²) in [6, 6.07) is -0.356. The number of rotatable bonds is 1. The van der Waals surface area contributed by atoms with Gasteiger partial charge in [-0.1, -0.05) is 13.8 Å². The predicted molar refractivity (Wildman–Crippen MR) is 60.2 cm³/mol. The van der Waals surface area contributed by atoms with Gasteiger partial charge in [0.2, 0.25) is 0 Å². The van der Waals surface area contributed by atoms with E-state index < -0.39 is 12.0 Å². The average molecular weight is 227 g/mol. The van der Waals surface area contributed by atoms with Crippen LogP contribution in [-0.4, -0.2) is 35.4 Å². The Balaban J connectivity index is 2.10. The van der Waals surface area contributed by atoms with Gasteiger partial charge in [0.1, 0.15) is 6.04 Å². The summed E-state index contributed by atoms with van der Waals surface area (Å²) in [7, 11) is 0. The Kier molecular flexibility index (Phi) is 3.22. The van der Waals surface area contributed by atoms with E-state index in [0.29, 0.717) is 11.8 Å². The van der Waals surface area contributed by atoms with Gasteiger partial charge in [-0.3, -0.25) is 10.1 Å². The Hall–Kier alpha value is -0.610. The van der Waals surface area contributed by atoms with Crippen molar-refractivity contribution >= 4 is 5.97 Å². The van der Waals surface area contributed by atoms with Crippen molar-refractivity contribution in [2.45, 2.75) is 57.9 Å². The van der Waals surface area contributed by atoms with Crippen molar-refractivity contribution in [2.24, 2.45) is 11.8 Å². The molecule has 2 aliphatic rings. The van der Waals surface area contributed by atoms with Crippen LogP contribution in [0.1, 0.15) is 33.6 Å². The minimum Gasteiger partial charge on any atom is -0.480 e. The van der Waals surface area contributed by atoms with E-state index in [9.17, 15) is 4.79 Å². The highest BCUT2D eigenvalue weighted by Crippen LogP contribution is 2.34. The van der Waals surface area contributed by atoms with E-state index in [1.807, 2.05) is 6.92 Å². The Morgan fingerprint density at radius 1 is 1.31 bits per heavy atom. The molecular weight excluding hydrogens is 206 g/mol. The third-order valence-corrected chi connectivity index (χ3v) is 3.92. The molecule has 1 saturated heterocycles. The molecule has 1 aliphatic heterocycles. The number of hydrogen-bond donors (Lipinski definition) is 2. The predicted octanol–water partition coefficient (Wildman–Crippen LogP) is 1.25. The van der Waals surface area contributed by atoms with Crippen LogP contribution in [-0.2, 0) is 9.53 Å². The first kappa shape index (κ1) is 11.9. The molecule has 4 heteroatoms. The molecule has 0 amide bonds. The summed E-state index contributed by atoms with van der Waals surface area (Å²) < 4.78 is 5.86. The van der Waals surface area contributed by atoms with Crippen LogP contribution < -0.4 is 5.32 Å². The van der Waals surface area contributed by atoms with Crippen LogP contribution in [0.4, 0.5) is 0 Å². The molecule has 0 spiro atoms. The van der Waals surface area contributed by atoms with E-state index in [1.165, 1.54) is 0 Å². The zero-order chi connectivity index (χ0) is 11.9. The lowest BCUT2D eigenvalue weighted by atomic mass is 9.76. The quantitative estimate of drug-likeness (QED) is 0.708. The van der Waals surface area contributed by atoms with Gasteiger partial charge in [-0.25, -0.2) is 0 Å². The van der Waals surface area contributed by atoms with Gasteiger partial charge in [-0.05, 0) is 31.6 Å². The second-order valence-corrected chi connectivity index (χ2v) is 5.44. The molecule has 0 aromatic rings. The molecule has 6 atom stereocenters. The van der Waals surface area contributed by atoms with Crippen LogP contribution in [0.5, 0.6) is 0 Å². The van der Waals surface area contributed by atoms with Crippen molar-refractivity contribution in [1.29, 1.82) is 0 Å². The third-order valence-electron chi connectivity index (χ3n) is 3.92. The third kappa shape index (κ3) is 2.09. The monoisotopic (exact) mass is 227 g/mol. The van der Waals surface area contributed by atoms with Crippen molar-refractivity contribution in [3.05, 3.63) is 0 Å². The highest BCUT2D eigenvalue weighted by molar-refractivity contribution is 5.74. The van der Waals surface area contributed by atoms with Crippen molar-refractivity contribution in [2.75, 3.05) is 0 Å². The molecule has 0 aromatic carbocycles. The van der Waals surface area contributed by atoms with E-state index in [2.05, 4.69) is 19.2 Å². The number of carbonyl (C=O) groups is 1. The summed E-state index contributed by atoms with van der Waals surface area (Å²) in [6.45, 7) is 6.26. The van der Waals surface area contributed by atoms with E-state index in [0.717, 1.165) is 12.8 Å². The average Bonchev–Trinajstić information content (AvgIpc) is 2.15. The Bertz CT molecular complexity index is 281. The Labute approximate surface area is 96.4 Å². The molecule has 92 valence electrons. The fraction of sp³-hybridized carbons (Fsp3) is 0.917. The van der Waals surface area contributed by atoms with Gasteiger partial charge in [0, 0.05) is 6.04 Å². The zero-order valence-electron chi connectivity index (χ0n) is 10.1. The second-order valence-electron chi connectivity index (χ2n) is 5.44. The molecule has 0 bridgehead atoms. The van der Waals surface area contributed by atoms with E-state index in [-0.39, 0.29) is 18.2 Å². The number of nitrogens with one attached hydrogen (secondary N) is 1. The Morgan fingerprint density at radius 2 is 2.00 bits per heavy atom. The van der Waals surface area contributed by atoms with Crippen molar-refractivity contribution < 1.29 is 14.6 Å². The van der Waals surface area contributed by atoms with Crippen LogP contribution in [0.15, 0.2) is 0 Å². The smallest absolute Gasteiger partial charge is 0.323 e. The number of carboxylic acids is 1. The van der Waals surface area contributed by atoms with Gasteiger partial charge >= 0.3 is 5.97 Å². The largest absolute Gasteiger partial charge is 0.480 e. The maximum Gasteiger partial charge on any atom is 0.323 e. The topological polar surface area (TPSA) is 58.6 Å². The first-order valence-corrected chi connectivity index (χ1v) is 6.13. The number of fused-ring (bicyclic) bond motifs is 1. The van der Waals surface area contributed by atoms with Crippen LogP contribution >= 0.6 is 0 Å². The zero-order valence-corrected chi connectivity index (χ0v) is 10.1. The van der Waals surface area contributed by atoms with Crippen molar-refractivity contribution in [1.82, 2.24) is 5.32 Å². The second kappa shape index (κ2) is 4.34. The fourth-order valence-corrected chi connectivity index (χ4v) is 3.17. The Morgan fingerprint density at radius 3 is 2.62 bits per heavy atom. The van der Waals surface area contributed by atoms with Gasteiger partial charge in [0.15, 0.2) is 0 Å². The maximum absolute atomic E-state index is 11.1. The molecule has 0 radical (unpaired) electrons. The lowest BCUT2D eigenvalue weighted by Crippen LogP contribution is -2.64. The highest BCUT2D eigenvalue weighted by atomic mass is 16.5. The standard InChI is InChI=1S/C12H21NO3/c1-6-4-7(2)10-9(5-6)16-8(3)11(13-10)12(14)15/h6-11,13H,4-5H2,1-3H3,(H,14,15). The van der Waals surface area contributed by atoms with E-state index in [1.54, 1.807) is 0 Å². The SMILES string of the molecule is CC1CC(C)C2NC(C(=O)O)C(C)OC2C1. The fourth-order valence-electron chi connectivity index (χ4n) is 3.17. The van der Waals surface area contributed by atoms with E-state index in [4.69, 9.17) is 9.84 Å². The number of hydrogen-bond acceptors (Lipinski definition) is 3. The number of carboxylic acid groups (broad SMARTS) is 1.